The molecule has 0 bridgehead atoms. The van der Waals surface area contributed by atoms with Crippen LogP contribution in [-0.4, -0.2) is 40.7 Å². The zero-order chi connectivity index (χ0) is 17.5. The lowest BCUT2D eigenvalue weighted by Gasteiger charge is -2.34. The summed E-state index contributed by atoms with van der Waals surface area (Å²) in [5.74, 6) is -0.675. The fourth-order valence-corrected chi connectivity index (χ4v) is 3.16. The summed E-state index contributed by atoms with van der Waals surface area (Å²) in [6, 6.07) is 0.128. The number of alkyl halides is 1. The Morgan fingerprint density at radius 1 is 1.54 bits per heavy atom. The number of rotatable bonds is 3. The number of anilines is 2. The molecule has 4 N–H and O–H groups in total. The number of fused-ring (bicyclic) bond motifs is 1. The van der Waals surface area contributed by atoms with Crippen molar-refractivity contribution in [1.82, 2.24) is 9.97 Å². The van der Waals surface area contributed by atoms with E-state index >= 15 is 0 Å². The molecular formula is C17H24FN5O. The first-order valence-electron chi connectivity index (χ1n) is 8.25. The molecular weight excluding hydrogens is 309 g/mol. The first kappa shape index (κ1) is 16.7. The molecule has 0 saturated carbocycles. The van der Waals surface area contributed by atoms with Crippen molar-refractivity contribution in [3.05, 3.63) is 18.0 Å². The van der Waals surface area contributed by atoms with Crippen LogP contribution >= 0.6 is 0 Å². The number of pyridine rings is 1. The Bertz CT molecular complexity index is 764. The number of aromatic nitrogens is 2. The fourth-order valence-electron chi connectivity index (χ4n) is 3.16. The van der Waals surface area contributed by atoms with Gasteiger partial charge in [-0.05, 0) is 39.2 Å². The second-order valence-electron chi connectivity index (χ2n) is 6.99. The molecule has 1 atom stereocenters. The lowest BCUT2D eigenvalue weighted by atomic mass is 10.0. The molecule has 1 fully saturated rings. The van der Waals surface area contributed by atoms with Gasteiger partial charge in [-0.15, -0.1) is 0 Å². The molecule has 1 amide bonds. The van der Waals surface area contributed by atoms with E-state index in [2.05, 4.69) is 20.2 Å². The van der Waals surface area contributed by atoms with Crippen molar-refractivity contribution >= 4 is 28.3 Å². The van der Waals surface area contributed by atoms with E-state index in [1.54, 1.807) is 12.4 Å². The molecule has 0 unspecified atom stereocenters. The van der Waals surface area contributed by atoms with Gasteiger partial charge in [0.15, 0.2) is 5.67 Å². The molecule has 0 radical (unpaired) electrons. The number of nitrogens with two attached hydrogens (primary N) is 1. The lowest BCUT2D eigenvalue weighted by molar-refractivity contribution is -0.125. The molecule has 24 heavy (non-hydrogen) atoms. The summed E-state index contributed by atoms with van der Waals surface area (Å²) < 4.78 is 13.9. The Hall–Kier alpha value is -2.15. The molecule has 1 aliphatic rings. The molecule has 2 aromatic rings. The van der Waals surface area contributed by atoms with Gasteiger partial charge in [-0.3, -0.25) is 4.79 Å². The summed E-state index contributed by atoms with van der Waals surface area (Å²) in [5, 5.41) is 3.49. The number of hydrogen-bond acceptors (Lipinski definition) is 4. The van der Waals surface area contributed by atoms with E-state index < -0.39 is 11.6 Å². The van der Waals surface area contributed by atoms with Crippen LogP contribution in [-0.2, 0) is 4.79 Å². The molecule has 3 rings (SSSR count). The number of nitrogens with zero attached hydrogens (tertiary/aromatic N) is 2. The third-order valence-electron chi connectivity index (χ3n) is 4.42. The van der Waals surface area contributed by atoms with Gasteiger partial charge in [0, 0.05) is 31.5 Å². The number of aryl methyl sites for hydroxylation is 1. The third-order valence-corrected chi connectivity index (χ3v) is 4.42. The van der Waals surface area contributed by atoms with Crippen molar-refractivity contribution in [2.45, 2.75) is 45.3 Å². The van der Waals surface area contributed by atoms with Gasteiger partial charge < -0.3 is 20.9 Å². The number of carbonyl (C=O) groups is 1. The lowest BCUT2D eigenvalue weighted by Crippen LogP contribution is -2.43. The zero-order valence-electron chi connectivity index (χ0n) is 14.3. The number of nitrogens with one attached hydrogen (secondary N) is 2. The van der Waals surface area contributed by atoms with Gasteiger partial charge in [0.1, 0.15) is 5.65 Å². The minimum absolute atomic E-state index is 0.128. The van der Waals surface area contributed by atoms with Crippen molar-refractivity contribution in [3.8, 4) is 0 Å². The van der Waals surface area contributed by atoms with Crippen LogP contribution in [0.2, 0.25) is 0 Å². The SMILES string of the molecule is Cc1cnc2[nH]cc(NC(=O)C(C)(C)F)c2c1N1CCC[C@@H](N)C1. The third kappa shape index (κ3) is 3.08. The summed E-state index contributed by atoms with van der Waals surface area (Å²) in [4.78, 5) is 21.7. The number of piperidine rings is 1. The van der Waals surface area contributed by atoms with Crippen LogP contribution in [0.3, 0.4) is 0 Å². The van der Waals surface area contributed by atoms with E-state index in [1.165, 1.54) is 13.8 Å². The van der Waals surface area contributed by atoms with E-state index in [0.717, 1.165) is 42.6 Å². The van der Waals surface area contributed by atoms with Crippen LogP contribution in [0.15, 0.2) is 12.4 Å². The predicted octanol–water partition coefficient (Wildman–Crippen LogP) is 2.49. The minimum Gasteiger partial charge on any atom is -0.369 e. The second kappa shape index (κ2) is 6.05. The van der Waals surface area contributed by atoms with Crippen molar-refractivity contribution in [1.29, 1.82) is 0 Å². The highest BCUT2D eigenvalue weighted by Gasteiger charge is 2.29. The Morgan fingerprint density at radius 2 is 2.29 bits per heavy atom. The maximum Gasteiger partial charge on any atom is 0.261 e. The van der Waals surface area contributed by atoms with E-state index in [1.807, 2.05) is 6.92 Å². The van der Waals surface area contributed by atoms with Crippen molar-refractivity contribution < 1.29 is 9.18 Å². The number of halogens is 1. The minimum atomic E-state index is -1.95. The largest absolute Gasteiger partial charge is 0.369 e. The van der Waals surface area contributed by atoms with Crippen molar-refractivity contribution in [2.24, 2.45) is 5.73 Å². The Balaban J connectivity index is 2.06. The van der Waals surface area contributed by atoms with Crippen LogP contribution in [0.5, 0.6) is 0 Å². The predicted molar refractivity (Wildman–Crippen MR) is 94.1 cm³/mol. The zero-order valence-corrected chi connectivity index (χ0v) is 14.3. The molecule has 0 aliphatic carbocycles. The highest BCUT2D eigenvalue weighted by Crippen LogP contribution is 2.36. The number of aromatic amines is 1. The quantitative estimate of drug-likeness (QED) is 0.805. The summed E-state index contributed by atoms with van der Waals surface area (Å²) >= 11 is 0. The first-order valence-corrected chi connectivity index (χ1v) is 8.25. The second-order valence-corrected chi connectivity index (χ2v) is 6.99. The standard InChI is InChI=1S/C17H24FN5O/c1-10-7-20-15-13(14(10)23-6-4-5-11(19)9-23)12(8-21-15)22-16(24)17(2,3)18/h7-8,11H,4-6,9,19H2,1-3H3,(H,20,21)(H,22,24)/t11-/m1/s1. The van der Waals surface area contributed by atoms with Crippen molar-refractivity contribution in [2.75, 3.05) is 23.3 Å². The Morgan fingerprint density at radius 3 is 2.96 bits per heavy atom. The average Bonchev–Trinajstić information content (AvgIpc) is 2.89. The van der Waals surface area contributed by atoms with Gasteiger partial charge >= 0.3 is 0 Å². The first-order chi connectivity index (χ1) is 11.3. The number of amides is 1. The summed E-state index contributed by atoms with van der Waals surface area (Å²) in [6.45, 7) is 6.13. The maximum absolute atomic E-state index is 13.9. The van der Waals surface area contributed by atoms with Gasteiger partial charge in [0.2, 0.25) is 0 Å². The summed E-state index contributed by atoms with van der Waals surface area (Å²) in [6.07, 6.45) is 5.50. The average molecular weight is 333 g/mol. The molecule has 3 heterocycles. The highest BCUT2D eigenvalue weighted by atomic mass is 19.1. The smallest absolute Gasteiger partial charge is 0.261 e. The van der Waals surface area contributed by atoms with E-state index in [-0.39, 0.29) is 6.04 Å². The fraction of sp³-hybridized carbons (Fsp3) is 0.529. The summed E-state index contributed by atoms with van der Waals surface area (Å²) in [7, 11) is 0. The van der Waals surface area contributed by atoms with E-state index in [9.17, 15) is 9.18 Å². The molecule has 2 aromatic heterocycles. The summed E-state index contributed by atoms with van der Waals surface area (Å²) in [5.41, 5.74) is 7.40. The van der Waals surface area contributed by atoms with Crippen LogP contribution in [0.1, 0.15) is 32.3 Å². The number of hydrogen-bond donors (Lipinski definition) is 3. The van der Waals surface area contributed by atoms with Crippen LogP contribution in [0.25, 0.3) is 11.0 Å². The van der Waals surface area contributed by atoms with Gasteiger partial charge in [0.25, 0.3) is 5.91 Å². The molecule has 1 aliphatic heterocycles. The normalized spacial score (nSPS) is 18.9. The highest BCUT2D eigenvalue weighted by molar-refractivity contribution is 6.08. The maximum atomic E-state index is 13.9. The van der Waals surface area contributed by atoms with Gasteiger partial charge in [0.05, 0.1) is 16.8 Å². The molecule has 0 spiro atoms. The number of H-pyrrole nitrogens is 1. The number of carbonyl (C=O) groups excluding carboxylic acids is 1. The van der Waals surface area contributed by atoms with E-state index in [0.29, 0.717) is 11.3 Å². The van der Waals surface area contributed by atoms with Gasteiger partial charge in [-0.2, -0.15) is 0 Å². The monoisotopic (exact) mass is 333 g/mol. The Labute approximate surface area is 140 Å². The molecule has 0 aromatic carbocycles. The molecule has 130 valence electrons. The van der Waals surface area contributed by atoms with Gasteiger partial charge in [-0.1, -0.05) is 0 Å². The van der Waals surface area contributed by atoms with E-state index in [4.69, 9.17) is 5.73 Å². The van der Waals surface area contributed by atoms with Crippen molar-refractivity contribution in [3.63, 3.8) is 0 Å². The van der Waals surface area contributed by atoms with Crippen LogP contribution < -0.4 is 16.0 Å². The molecule has 7 heteroatoms. The van der Waals surface area contributed by atoms with Crippen LogP contribution in [0.4, 0.5) is 15.8 Å². The molecule has 1 saturated heterocycles. The van der Waals surface area contributed by atoms with Gasteiger partial charge in [-0.25, -0.2) is 9.37 Å². The topological polar surface area (TPSA) is 87.0 Å². The molecule has 6 nitrogen and oxygen atoms in total. The Kier molecular flexibility index (Phi) is 4.21. The van der Waals surface area contributed by atoms with Crippen LogP contribution in [0, 0.1) is 6.92 Å².